The van der Waals surface area contributed by atoms with Crippen LogP contribution in [0.2, 0.25) is 5.02 Å². The number of hydrogen-bond acceptors (Lipinski definition) is 3. The summed E-state index contributed by atoms with van der Waals surface area (Å²) in [7, 11) is 0. The summed E-state index contributed by atoms with van der Waals surface area (Å²) < 4.78 is 0. The van der Waals surface area contributed by atoms with E-state index in [1.807, 2.05) is 54.6 Å². The van der Waals surface area contributed by atoms with Crippen molar-refractivity contribution in [3.05, 3.63) is 95.3 Å². The third-order valence-corrected chi connectivity index (χ3v) is 5.25. The fourth-order valence-electron chi connectivity index (χ4n) is 3.56. The van der Waals surface area contributed by atoms with Gasteiger partial charge in [-0.25, -0.2) is 0 Å². The maximum Gasteiger partial charge on any atom is 0.227 e. The first kappa shape index (κ1) is 19.2. The molecule has 3 aromatic rings. The molecule has 2 heterocycles. The number of pyridine rings is 1. The lowest BCUT2D eigenvalue weighted by Crippen LogP contribution is -2.36. The molecular weight excluding hydrogens is 386 g/mol. The van der Waals surface area contributed by atoms with E-state index in [1.165, 1.54) is 0 Å². The number of nitrogens with one attached hydrogen (secondary N) is 1. The largest absolute Gasteiger partial charge is 0.343 e. The van der Waals surface area contributed by atoms with Crippen molar-refractivity contribution < 1.29 is 9.59 Å². The lowest BCUT2D eigenvalue weighted by molar-refractivity contribution is -0.126. The molecule has 1 N–H and O–H groups in total. The van der Waals surface area contributed by atoms with Crippen LogP contribution in [-0.4, -0.2) is 23.3 Å². The monoisotopic (exact) mass is 405 g/mol. The molecule has 0 aliphatic carbocycles. The molecule has 6 heteroatoms. The standard InChI is InChI=1S/C23H20ClN3O2/c24-18-9-6-10-19(14-18)27-15-17(13-21(27)28)23(29)26-22(16-7-2-1-3-8-16)20-11-4-5-12-25-20/h1-12,14,17,22H,13,15H2,(H,26,29)/t17-,22-/m0/s1. The lowest BCUT2D eigenvalue weighted by Gasteiger charge is -2.21. The summed E-state index contributed by atoms with van der Waals surface area (Å²) in [6.45, 7) is 0.328. The third kappa shape index (κ3) is 4.30. The van der Waals surface area contributed by atoms with Gasteiger partial charge in [-0.1, -0.05) is 54.1 Å². The second kappa shape index (κ2) is 8.45. The van der Waals surface area contributed by atoms with E-state index in [4.69, 9.17) is 11.6 Å². The zero-order chi connectivity index (χ0) is 20.2. The molecule has 1 aliphatic rings. The van der Waals surface area contributed by atoms with Crippen LogP contribution in [0, 0.1) is 5.92 Å². The van der Waals surface area contributed by atoms with Crippen molar-refractivity contribution in [1.82, 2.24) is 10.3 Å². The number of nitrogens with zero attached hydrogens (tertiary/aromatic N) is 2. The minimum absolute atomic E-state index is 0.0819. The summed E-state index contributed by atoms with van der Waals surface area (Å²) in [5.41, 5.74) is 2.40. The first-order chi connectivity index (χ1) is 14.1. The van der Waals surface area contributed by atoms with E-state index >= 15 is 0 Å². The zero-order valence-electron chi connectivity index (χ0n) is 15.7. The van der Waals surface area contributed by atoms with Gasteiger partial charge in [0, 0.05) is 29.9 Å². The first-order valence-corrected chi connectivity index (χ1v) is 9.82. The van der Waals surface area contributed by atoms with Gasteiger partial charge in [0.15, 0.2) is 0 Å². The molecule has 1 aromatic heterocycles. The van der Waals surface area contributed by atoms with E-state index in [-0.39, 0.29) is 24.3 Å². The normalized spacial score (nSPS) is 17.2. The smallest absolute Gasteiger partial charge is 0.227 e. The number of anilines is 1. The molecule has 1 aliphatic heterocycles. The predicted octanol–water partition coefficient (Wildman–Crippen LogP) is 3.99. The molecule has 29 heavy (non-hydrogen) atoms. The quantitative estimate of drug-likeness (QED) is 0.698. The van der Waals surface area contributed by atoms with Crippen LogP contribution in [0.3, 0.4) is 0 Å². The molecule has 0 bridgehead atoms. The Kier molecular flexibility index (Phi) is 5.58. The van der Waals surface area contributed by atoms with Gasteiger partial charge >= 0.3 is 0 Å². The number of carbonyl (C=O) groups is 2. The second-order valence-electron chi connectivity index (χ2n) is 6.99. The Bertz CT molecular complexity index is 971. The van der Waals surface area contributed by atoms with Gasteiger partial charge in [-0.3, -0.25) is 14.6 Å². The van der Waals surface area contributed by atoms with E-state index < -0.39 is 5.92 Å². The van der Waals surface area contributed by atoms with Crippen molar-refractivity contribution in [3.8, 4) is 0 Å². The van der Waals surface area contributed by atoms with Gasteiger partial charge in [0.25, 0.3) is 0 Å². The van der Waals surface area contributed by atoms with E-state index in [0.29, 0.717) is 17.3 Å². The fourth-order valence-corrected chi connectivity index (χ4v) is 3.74. The van der Waals surface area contributed by atoms with Crippen molar-refractivity contribution in [3.63, 3.8) is 0 Å². The SMILES string of the molecule is O=C(N[C@@H](c1ccccc1)c1ccccn1)[C@H]1CC(=O)N(c2cccc(Cl)c2)C1. The van der Waals surface area contributed by atoms with Gasteiger partial charge < -0.3 is 10.2 Å². The molecule has 1 fully saturated rings. The number of rotatable bonds is 5. The molecule has 0 spiro atoms. The van der Waals surface area contributed by atoms with Crippen molar-refractivity contribution >= 4 is 29.1 Å². The second-order valence-corrected chi connectivity index (χ2v) is 7.43. The Morgan fingerprint density at radius 1 is 1.07 bits per heavy atom. The van der Waals surface area contributed by atoms with Crippen LogP contribution in [0.1, 0.15) is 23.7 Å². The zero-order valence-corrected chi connectivity index (χ0v) is 16.4. The average molecular weight is 406 g/mol. The van der Waals surface area contributed by atoms with Crippen LogP contribution < -0.4 is 10.2 Å². The first-order valence-electron chi connectivity index (χ1n) is 9.44. The summed E-state index contributed by atoms with van der Waals surface area (Å²) in [6.07, 6.45) is 1.87. The summed E-state index contributed by atoms with van der Waals surface area (Å²) in [5, 5.41) is 3.65. The van der Waals surface area contributed by atoms with E-state index in [9.17, 15) is 9.59 Å². The van der Waals surface area contributed by atoms with Crippen molar-refractivity contribution in [1.29, 1.82) is 0 Å². The highest BCUT2D eigenvalue weighted by molar-refractivity contribution is 6.31. The molecule has 146 valence electrons. The summed E-state index contributed by atoms with van der Waals surface area (Å²) in [5.74, 6) is -0.680. The number of aromatic nitrogens is 1. The van der Waals surface area contributed by atoms with Crippen LogP contribution in [0.5, 0.6) is 0 Å². The molecular formula is C23H20ClN3O2. The maximum atomic E-state index is 13.0. The Balaban J connectivity index is 1.53. The number of hydrogen-bond donors (Lipinski definition) is 1. The van der Waals surface area contributed by atoms with Crippen molar-refractivity contribution in [2.24, 2.45) is 5.92 Å². The van der Waals surface area contributed by atoms with E-state index in [2.05, 4.69) is 10.3 Å². The average Bonchev–Trinajstić information content (AvgIpc) is 3.15. The summed E-state index contributed by atoms with van der Waals surface area (Å²) >= 11 is 6.05. The van der Waals surface area contributed by atoms with Gasteiger partial charge in [0.1, 0.15) is 0 Å². The molecule has 0 radical (unpaired) electrons. The Morgan fingerprint density at radius 2 is 1.86 bits per heavy atom. The number of carbonyl (C=O) groups excluding carboxylic acids is 2. The van der Waals surface area contributed by atoms with E-state index in [1.54, 1.807) is 29.3 Å². The van der Waals surface area contributed by atoms with Gasteiger partial charge in [0.05, 0.1) is 17.7 Å². The fraction of sp³-hybridized carbons (Fsp3) is 0.174. The summed E-state index contributed by atoms with van der Waals surface area (Å²) in [6, 6.07) is 22.1. The van der Waals surface area contributed by atoms with Gasteiger partial charge in [-0.05, 0) is 35.9 Å². The minimum atomic E-state index is -0.434. The van der Waals surface area contributed by atoms with E-state index in [0.717, 1.165) is 11.3 Å². The molecule has 5 nitrogen and oxygen atoms in total. The summed E-state index contributed by atoms with van der Waals surface area (Å²) in [4.78, 5) is 31.6. The number of benzene rings is 2. The van der Waals surface area contributed by atoms with Gasteiger partial charge in [-0.15, -0.1) is 0 Å². The Labute approximate surface area is 174 Å². The molecule has 1 saturated heterocycles. The molecule has 2 atom stereocenters. The highest BCUT2D eigenvalue weighted by Crippen LogP contribution is 2.28. The highest BCUT2D eigenvalue weighted by Gasteiger charge is 2.36. The predicted molar refractivity (Wildman–Crippen MR) is 113 cm³/mol. The third-order valence-electron chi connectivity index (χ3n) is 5.02. The Hall–Kier alpha value is -3.18. The maximum absolute atomic E-state index is 13.0. The van der Waals surface area contributed by atoms with Crippen LogP contribution in [0.15, 0.2) is 79.0 Å². The van der Waals surface area contributed by atoms with Crippen molar-refractivity contribution in [2.75, 3.05) is 11.4 Å². The van der Waals surface area contributed by atoms with Gasteiger partial charge in [0.2, 0.25) is 11.8 Å². The molecule has 0 saturated carbocycles. The topological polar surface area (TPSA) is 62.3 Å². The molecule has 0 unspecified atom stereocenters. The van der Waals surface area contributed by atoms with Crippen LogP contribution in [0.25, 0.3) is 0 Å². The van der Waals surface area contributed by atoms with Crippen molar-refractivity contribution in [2.45, 2.75) is 12.5 Å². The van der Waals surface area contributed by atoms with Crippen LogP contribution in [-0.2, 0) is 9.59 Å². The number of amides is 2. The highest BCUT2D eigenvalue weighted by atomic mass is 35.5. The minimum Gasteiger partial charge on any atom is -0.343 e. The number of halogens is 1. The Morgan fingerprint density at radius 3 is 2.59 bits per heavy atom. The molecule has 4 rings (SSSR count). The van der Waals surface area contributed by atoms with Crippen LogP contribution >= 0.6 is 11.6 Å². The van der Waals surface area contributed by atoms with Gasteiger partial charge in [-0.2, -0.15) is 0 Å². The molecule has 2 amide bonds. The molecule has 2 aromatic carbocycles. The lowest BCUT2D eigenvalue weighted by atomic mass is 10.0. The van der Waals surface area contributed by atoms with Crippen LogP contribution in [0.4, 0.5) is 5.69 Å².